The zero-order valence-corrected chi connectivity index (χ0v) is 11.3. The molecular formula is C9H16ClN3O2S. The Kier molecular flexibility index (Phi) is 3.98. The number of halogens is 1. The molecule has 0 aliphatic carbocycles. The van der Waals surface area contributed by atoms with Gasteiger partial charge in [-0.2, -0.15) is 5.10 Å². The van der Waals surface area contributed by atoms with Crippen molar-refractivity contribution in [3.8, 4) is 0 Å². The molecule has 1 aromatic rings. The van der Waals surface area contributed by atoms with Crippen LogP contribution in [-0.4, -0.2) is 36.8 Å². The molecule has 0 saturated carbocycles. The van der Waals surface area contributed by atoms with Crippen LogP contribution in [0.15, 0.2) is 6.20 Å². The highest BCUT2D eigenvalue weighted by Crippen LogP contribution is 2.27. The fraction of sp³-hybridized carbons (Fsp3) is 0.667. The number of nitrogens with zero attached hydrogens (tertiary/aromatic N) is 2. The van der Waals surface area contributed by atoms with Crippen molar-refractivity contribution in [3.63, 3.8) is 0 Å². The highest BCUT2D eigenvalue weighted by molar-refractivity contribution is 7.91. The van der Waals surface area contributed by atoms with Gasteiger partial charge in [-0.15, -0.1) is 0 Å². The van der Waals surface area contributed by atoms with Gasteiger partial charge in [-0.1, -0.05) is 11.6 Å². The van der Waals surface area contributed by atoms with E-state index in [1.165, 1.54) is 12.5 Å². The summed E-state index contributed by atoms with van der Waals surface area (Å²) in [4.78, 5) is 0. The van der Waals surface area contributed by atoms with E-state index in [-0.39, 0.29) is 6.04 Å². The highest BCUT2D eigenvalue weighted by Gasteiger charge is 2.29. The van der Waals surface area contributed by atoms with E-state index in [0.29, 0.717) is 10.7 Å². The van der Waals surface area contributed by atoms with Gasteiger partial charge in [0.1, 0.15) is 0 Å². The molecule has 5 nitrogen and oxygen atoms in total. The van der Waals surface area contributed by atoms with Crippen molar-refractivity contribution in [1.29, 1.82) is 0 Å². The first-order valence-corrected chi connectivity index (χ1v) is 7.15. The number of aromatic nitrogens is 2. The molecule has 1 N–H and O–H groups in total. The van der Waals surface area contributed by atoms with Crippen molar-refractivity contribution in [3.05, 3.63) is 16.9 Å². The van der Waals surface area contributed by atoms with Crippen LogP contribution < -0.4 is 5.32 Å². The van der Waals surface area contributed by atoms with Gasteiger partial charge in [0, 0.05) is 13.3 Å². The average molecular weight is 266 g/mol. The number of nitrogens with one attached hydrogen (secondary N) is 1. The Morgan fingerprint density at radius 1 is 1.56 bits per heavy atom. The molecule has 0 fully saturated rings. The zero-order valence-electron chi connectivity index (χ0n) is 9.73. The summed E-state index contributed by atoms with van der Waals surface area (Å²) in [5, 5.41) is 6.87. The van der Waals surface area contributed by atoms with Gasteiger partial charge in [-0.25, -0.2) is 8.42 Å². The summed E-state index contributed by atoms with van der Waals surface area (Å²) in [6.45, 7) is 1.65. The second-order valence-corrected chi connectivity index (χ2v) is 6.61. The molecule has 0 aliphatic rings. The fourth-order valence-corrected chi connectivity index (χ4v) is 2.65. The predicted octanol–water partition coefficient (Wildman–Crippen LogP) is 0.767. The lowest BCUT2D eigenvalue weighted by molar-refractivity contribution is 0.506. The van der Waals surface area contributed by atoms with E-state index in [1.807, 2.05) is 0 Å². The zero-order chi connectivity index (χ0) is 12.5. The molecule has 0 bridgehead atoms. The molecule has 1 aromatic heterocycles. The lowest BCUT2D eigenvalue weighted by Gasteiger charge is -2.22. The third kappa shape index (κ3) is 2.56. The van der Waals surface area contributed by atoms with E-state index in [4.69, 9.17) is 11.6 Å². The van der Waals surface area contributed by atoms with Crippen LogP contribution >= 0.6 is 11.6 Å². The molecule has 7 heteroatoms. The second kappa shape index (κ2) is 4.73. The van der Waals surface area contributed by atoms with E-state index < -0.39 is 15.1 Å². The first-order valence-electron chi connectivity index (χ1n) is 4.82. The molecule has 16 heavy (non-hydrogen) atoms. The van der Waals surface area contributed by atoms with Crippen LogP contribution in [-0.2, 0) is 16.9 Å². The molecule has 2 atom stereocenters. The monoisotopic (exact) mass is 265 g/mol. The highest BCUT2D eigenvalue weighted by atomic mass is 35.5. The molecule has 2 unspecified atom stereocenters. The van der Waals surface area contributed by atoms with E-state index >= 15 is 0 Å². The molecule has 0 amide bonds. The summed E-state index contributed by atoms with van der Waals surface area (Å²) in [7, 11) is 0.305. The van der Waals surface area contributed by atoms with E-state index in [0.717, 1.165) is 0 Å². The second-order valence-electron chi connectivity index (χ2n) is 3.80. The van der Waals surface area contributed by atoms with Gasteiger partial charge in [0.05, 0.1) is 28.2 Å². The van der Waals surface area contributed by atoms with Gasteiger partial charge in [0.25, 0.3) is 0 Å². The molecule has 1 rings (SSSR count). The lowest BCUT2D eigenvalue weighted by atomic mass is 10.1. The SMILES string of the molecule is CNC(c1c(Cl)cnn1C)C(C)S(C)(=O)=O. The molecule has 0 saturated heterocycles. The van der Waals surface area contributed by atoms with E-state index in [2.05, 4.69) is 10.4 Å². The van der Waals surface area contributed by atoms with Gasteiger partial charge in [0.2, 0.25) is 0 Å². The topological polar surface area (TPSA) is 64.0 Å². The third-order valence-electron chi connectivity index (χ3n) is 2.69. The largest absolute Gasteiger partial charge is 0.311 e. The van der Waals surface area contributed by atoms with Crippen LogP contribution in [0.5, 0.6) is 0 Å². The van der Waals surface area contributed by atoms with Crippen LogP contribution in [0.25, 0.3) is 0 Å². The number of aryl methyl sites for hydroxylation is 1. The van der Waals surface area contributed by atoms with E-state index in [1.54, 1.807) is 25.7 Å². The summed E-state index contributed by atoms with van der Waals surface area (Å²) in [6.07, 6.45) is 2.72. The molecule has 92 valence electrons. The minimum absolute atomic E-state index is 0.366. The number of rotatable bonds is 4. The molecule has 0 aliphatic heterocycles. The van der Waals surface area contributed by atoms with Crippen molar-refractivity contribution in [2.45, 2.75) is 18.2 Å². The maximum atomic E-state index is 11.5. The van der Waals surface area contributed by atoms with Crippen LogP contribution in [0, 0.1) is 0 Å². The average Bonchev–Trinajstić information content (AvgIpc) is 2.49. The molecule has 0 radical (unpaired) electrons. The Morgan fingerprint density at radius 3 is 2.44 bits per heavy atom. The van der Waals surface area contributed by atoms with Crippen molar-refractivity contribution in [1.82, 2.24) is 15.1 Å². The van der Waals surface area contributed by atoms with Gasteiger partial charge < -0.3 is 5.32 Å². The maximum Gasteiger partial charge on any atom is 0.151 e. The number of hydrogen-bond acceptors (Lipinski definition) is 4. The lowest BCUT2D eigenvalue weighted by Crippen LogP contribution is -2.34. The van der Waals surface area contributed by atoms with Crippen molar-refractivity contribution in [2.24, 2.45) is 7.05 Å². The molecule has 0 spiro atoms. The van der Waals surface area contributed by atoms with Crippen LogP contribution in [0.4, 0.5) is 0 Å². The van der Waals surface area contributed by atoms with Gasteiger partial charge >= 0.3 is 0 Å². The number of sulfone groups is 1. The summed E-state index contributed by atoms with van der Waals surface area (Å²) in [6, 6.07) is -0.366. The maximum absolute atomic E-state index is 11.5. The van der Waals surface area contributed by atoms with Crippen molar-refractivity contribution in [2.75, 3.05) is 13.3 Å². The normalized spacial score (nSPS) is 16.1. The van der Waals surface area contributed by atoms with Gasteiger partial charge in [-0.05, 0) is 14.0 Å². The van der Waals surface area contributed by atoms with Gasteiger partial charge in [0.15, 0.2) is 9.84 Å². The summed E-state index contributed by atoms with van der Waals surface area (Å²) in [5.41, 5.74) is 0.682. The predicted molar refractivity (Wildman–Crippen MR) is 64.3 cm³/mol. The van der Waals surface area contributed by atoms with Gasteiger partial charge in [-0.3, -0.25) is 4.68 Å². The summed E-state index contributed by atoms with van der Waals surface area (Å²) >= 11 is 5.99. The molecular weight excluding hydrogens is 250 g/mol. The van der Waals surface area contributed by atoms with Crippen molar-refractivity contribution >= 4 is 21.4 Å². The van der Waals surface area contributed by atoms with Crippen LogP contribution in [0.2, 0.25) is 5.02 Å². The first kappa shape index (κ1) is 13.5. The smallest absolute Gasteiger partial charge is 0.151 e. The minimum Gasteiger partial charge on any atom is -0.311 e. The Labute approximate surface area is 101 Å². The standard InChI is InChI=1S/C9H16ClN3O2S/c1-6(16(4,14)15)8(11-2)9-7(10)5-12-13(9)3/h5-6,8,11H,1-4H3. The molecule has 0 aromatic carbocycles. The van der Waals surface area contributed by atoms with Crippen LogP contribution in [0.3, 0.4) is 0 Å². The summed E-state index contributed by atoms with van der Waals surface area (Å²) < 4.78 is 24.7. The van der Waals surface area contributed by atoms with Crippen LogP contribution in [0.1, 0.15) is 18.7 Å². The fourth-order valence-electron chi connectivity index (χ4n) is 1.61. The minimum atomic E-state index is -3.14. The Morgan fingerprint density at radius 2 is 2.12 bits per heavy atom. The number of hydrogen-bond donors (Lipinski definition) is 1. The van der Waals surface area contributed by atoms with Crippen molar-refractivity contribution < 1.29 is 8.42 Å². The third-order valence-corrected chi connectivity index (χ3v) is 4.60. The quantitative estimate of drug-likeness (QED) is 0.873. The Balaban J connectivity index is 3.19. The Bertz CT molecular complexity index is 450. The first-order chi connectivity index (χ1) is 7.29. The van der Waals surface area contributed by atoms with E-state index in [9.17, 15) is 8.42 Å². The molecule has 1 heterocycles. The summed E-state index contributed by atoms with van der Waals surface area (Å²) in [5.74, 6) is 0. The Hall–Kier alpha value is -0.590.